The molecule has 18 heavy (non-hydrogen) atoms. The summed E-state index contributed by atoms with van der Waals surface area (Å²) >= 11 is 6.00. The Morgan fingerprint density at radius 1 is 1.44 bits per heavy atom. The highest BCUT2D eigenvalue weighted by Crippen LogP contribution is 2.29. The van der Waals surface area contributed by atoms with Gasteiger partial charge in [0, 0.05) is 10.6 Å². The van der Waals surface area contributed by atoms with E-state index in [1.165, 1.54) is 0 Å². The van der Waals surface area contributed by atoms with Crippen LogP contribution in [-0.4, -0.2) is 11.4 Å². The quantitative estimate of drug-likeness (QED) is 0.890. The Labute approximate surface area is 112 Å². The third kappa shape index (κ3) is 2.34. The van der Waals surface area contributed by atoms with Crippen molar-refractivity contribution < 1.29 is 4.79 Å². The SMILES string of the molecule is Cc1c(Cl)cccc1C(=O)NC1(C#N)CCCC1. The van der Waals surface area contributed by atoms with E-state index in [9.17, 15) is 10.1 Å². The first kappa shape index (κ1) is 12.9. The van der Waals surface area contributed by atoms with Crippen molar-refractivity contribution in [1.82, 2.24) is 5.32 Å². The van der Waals surface area contributed by atoms with Crippen molar-refractivity contribution in [2.75, 3.05) is 0 Å². The lowest BCUT2D eigenvalue weighted by atomic mass is 9.98. The average Bonchev–Trinajstić information content (AvgIpc) is 2.81. The van der Waals surface area contributed by atoms with Crippen LogP contribution in [0.2, 0.25) is 5.02 Å². The molecule has 2 rings (SSSR count). The second-order valence-electron chi connectivity index (χ2n) is 4.77. The molecule has 0 atom stereocenters. The fourth-order valence-corrected chi connectivity index (χ4v) is 2.56. The summed E-state index contributed by atoms with van der Waals surface area (Å²) in [5.41, 5.74) is 0.609. The van der Waals surface area contributed by atoms with E-state index in [0.717, 1.165) is 31.2 Å². The predicted molar refractivity (Wildman–Crippen MR) is 70.5 cm³/mol. The number of halogens is 1. The number of carbonyl (C=O) groups excluding carboxylic acids is 1. The van der Waals surface area contributed by atoms with Gasteiger partial charge in [0.15, 0.2) is 0 Å². The highest BCUT2D eigenvalue weighted by molar-refractivity contribution is 6.31. The molecule has 0 unspecified atom stereocenters. The summed E-state index contributed by atoms with van der Waals surface area (Å²) in [7, 11) is 0. The molecule has 1 aliphatic carbocycles. The number of nitrogens with one attached hydrogen (secondary N) is 1. The number of hydrogen-bond acceptors (Lipinski definition) is 2. The van der Waals surface area contributed by atoms with Gasteiger partial charge in [-0.2, -0.15) is 5.26 Å². The first-order valence-corrected chi connectivity index (χ1v) is 6.45. The molecular weight excluding hydrogens is 248 g/mol. The van der Waals surface area contributed by atoms with Crippen LogP contribution in [0.25, 0.3) is 0 Å². The fourth-order valence-electron chi connectivity index (χ4n) is 2.38. The van der Waals surface area contributed by atoms with Crippen molar-refractivity contribution in [3.63, 3.8) is 0 Å². The third-order valence-electron chi connectivity index (χ3n) is 3.54. The number of carbonyl (C=O) groups is 1. The minimum atomic E-state index is -0.689. The van der Waals surface area contributed by atoms with Crippen LogP contribution in [0.15, 0.2) is 18.2 Å². The van der Waals surface area contributed by atoms with Gasteiger partial charge >= 0.3 is 0 Å². The highest BCUT2D eigenvalue weighted by Gasteiger charge is 2.35. The van der Waals surface area contributed by atoms with Crippen molar-refractivity contribution in [3.05, 3.63) is 34.3 Å². The summed E-state index contributed by atoms with van der Waals surface area (Å²) < 4.78 is 0. The maximum Gasteiger partial charge on any atom is 0.252 e. The van der Waals surface area contributed by atoms with Gasteiger partial charge in [-0.3, -0.25) is 4.79 Å². The molecule has 3 nitrogen and oxygen atoms in total. The van der Waals surface area contributed by atoms with Crippen LogP contribution in [0.5, 0.6) is 0 Å². The van der Waals surface area contributed by atoms with Crippen LogP contribution < -0.4 is 5.32 Å². The minimum absolute atomic E-state index is 0.210. The summed E-state index contributed by atoms with van der Waals surface area (Å²) in [4.78, 5) is 12.2. The molecule has 1 saturated carbocycles. The molecule has 0 saturated heterocycles. The van der Waals surface area contributed by atoms with Gasteiger partial charge in [-0.1, -0.05) is 17.7 Å². The Kier molecular flexibility index (Phi) is 3.58. The molecule has 1 aromatic rings. The number of nitrogens with zero attached hydrogens (tertiary/aromatic N) is 1. The topological polar surface area (TPSA) is 52.9 Å². The maximum absolute atomic E-state index is 12.2. The summed E-state index contributed by atoms with van der Waals surface area (Å²) in [5.74, 6) is -0.210. The molecule has 94 valence electrons. The monoisotopic (exact) mass is 262 g/mol. The van der Waals surface area contributed by atoms with Crippen LogP contribution in [-0.2, 0) is 0 Å². The smallest absolute Gasteiger partial charge is 0.252 e. The number of nitriles is 1. The Balaban J connectivity index is 2.22. The first-order valence-electron chi connectivity index (χ1n) is 6.07. The molecule has 0 bridgehead atoms. The second-order valence-corrected chi connectivity index (χ2v) is 5.17. The summed E-state index contributed by atoms with van der Waals surface area (Å²) in [6, 6.07) is 7.48. The van der Waals surface area contributed by atoms with Gasteiger partial charge in [0.2, 0.25) is 0 Å². The van der Waals surface area contributed by atoms with Gasteiger partial charge < -0.3 is 5.32 Å². The zero-order chi connectivity index (χ0) is 13.2. The molecule has 0 radical (unpaired) electrons. The zero-order valence-corrected chi connectivity index (χ0v) is 11.0. The van der Waals surface area contributed by atoms with E-state index >= 15 is 0 Å². The molecule has 1 amide bonds. The van der Waals surface area contributed by atoms with Gasteiger partial charge in [0.1, 0.15) is 5.54 Å². The summed E-state index contributed by atoms with van der Waals surface area (Å²) in [6.07, 6.45) is 3.44. The minimum Gasteiger partial charge on any atom is -0.334 e. The summed E-state index contributed by atoms with van der Waals surface area (Å²) in [5, 5.41) is 12.7. The Bertz CT molecular complexity index is 513. The predicted octanol–water partition coefficient (Wildman–Crippen LogP) is 3.21. The normalized spacial score (nSPS) is 17.2. The summed E-state index contributed by atoms with van der Waals surface area (Å²) in [6.45, 7) is 1.81. The van der Waals surface area contributed by atoms with Gasteiger partial charge in [0.25, 0.3) is 5.91 Å². The molecule has 1 fully saturated rings. The van der Waals surface area contributed by atoms with Crippen molar-refractivity contribution >= 4 is 17.5 Å². The molecular formula is C14H15ClN2O. The van der Waals surface area contributed by atoms with Gasteiger partial charge in [-0.05, 0) is 50.3 Å². The van der Waals surface area contributed by atoms with E-state index in [1.54, 1.807) is 18.2 Å². The van der Waals surface area contributed by atoms with E-state index in [4.69, 9.17) is 11.6 Å². The number of hydrogen-bond donors (Lipinski definition) is 1. The van der Waals surface area contributed by atoms with Crippen LogP contribution in [0.4, 0.5) is 0 Å². The van der Waals surface area contributed by atoms with Crippen LogP contribution in [0.3, 0.4) is 0 Å². The molecule has 1 aromatic carbocycles. The lowest BCUT2D eigenvalue weighted by molar-refractivity contribution is 0.0920. The Morgan fingerprint density at radius 3 is 2.72 bits per heavy atom. The van der Waals surface area contributed by atoms with E-state index in [0.29, 0.717) is 10.6 Å². The molecule has 4 heteroatoms. The van der Waals surface area contributed by atoms with Crippen LogP contribution in [0, 0.1) is 18.3 Å². The van der Waals surface area contributed by atoms with E-state index < -0.39 is 5.54 Å². The largest absolute Gasteiger partial charge is 0.334 e. The maximum atomic E-state index is 12.2. The van der Waals surface area contributed by atoms with Crippen molar-refractivity contribution in [2.24, 2.45) is 0 Å². The van der Waals surface area contributed by atoms with E-state index in [1.807, 2.05) is 6.92 Å². The van der Waals surface area contributed by atoms with Gasteiger partial charge in [-0.15, -0.1) is 0 Å². The number of amides is 1. The first-order chi connectivity index (χ1) is 8.58. The average molecular weight is 263 g/mol. The third-order valence-corrected chi connectivity index (χ3v) is 3.95. The van der Waals surface area contributed by atoms with Crippen LogP contribution >= 0.6 is 11.6 Å². The van der Waals surface area contributed by atoms with Crippen molar-refractivity contribution in [2.45, 2.75) is 38.1 Å². The standard InChI is InChI=1S/C14H15ClN2O/c1-10-11(5-4-6-12(10)15)13(18)17-14(9-16)7-2-3-8-14/h4-6H,2-3,7-8H2,1H3,(H,17,18). The highest BCUT2D eigenvalue weighted by atomic mass is 35.5. The van der Waals surface area contributed by atoms with Crippen molar-refractivity contribution in [1.29, 1.82) is 5.26 Å². The molecule has 1 aliphatic rings. The van der Waals surface area contributed by atoms with Crippen LogP contribution in [0.1, 0.15) is 41.6 Å². The lowest BCUT2D eigenvalue weighted by Gasteiger charge is -2.22. The van der Waals surface area contributed by atoms with E-state index in [2.05, 4.69) is 11.4 Å². The molecule has 1 N–H and O–H groups in total. The van der Waals surface area contributed by atoms with Gasteiger partial charge in [-0.25, -0.2) is 0 Å². The number of rotatable bonds is 2. The Hall–Kier alpha value is -1.53. The van der Waals surface area contributed by atoms with E-state index in [-0.39, 0.29) is 5.91 Å². The van der Waals surface area contributed by atoms with Crippen molar-refractivity contribution in [3.8, 4) is 6.07 Å². The molecule has 0 heterocycles. The van der Waals surface area contributed by atoms with Gasteiger partial charge in [0.05, 0.1) is 6.07 Å². The molecule has 0 spiro atoms. The fraction of sp³-hybridized carbons (Fsp3) is 0.429. The Morgan fingerprint density at radius 2 is 2.11 bits per heavy atom. The zero-order valence-electron chi connectivity index (χ0n) is 10.3. The molecule has 0 aromatic heterocycles. The lowest BCUT2D eigenvalue weighted by Crippen LogP contribution is -2.45. The molecule has 0 aliphatic heterocycles. The number of benzene rings is 1. The second kappa shape index (κ2) is 4.99.